The van der Waals surface area contributed by atoms with Crippen molar-refractivity contribution in [2.75, 3.05) is 10.9 Å². The normalized spacial score (nSPS) is 14.9. The number of aliphatic hydroxyl groups is 1. The molecular weight excluding hydrogens is 1170 g/mol. The summed E-state index contributed by atoms with van der Waals surface area (Å²) in [5.41, 5.74) is 4.27. The largest absolute Gasteiger partial charge is 1.00 e. The minimum atomic E-state index is -5.67. The van der Waals surface area contributed by atoms with Gasteiger partial charge in [0, 0.05) is 28.5 Å². The van der Waals surface area contributed by atoms with E-state index in [2.05, 4.69) is 46.5 Å². The predicted octanol–water partition coefficient (Wildman–Crippen LogP) is -4.42. The second-order valence-electron chi connectivity index (χ2n) is 16.0. The average Bonchev–Trinajstić information content (AvgIpc) is 3.89. The molecule has 24 nitrogen and oxygen atoms in total. The molecule has 2 aliphatic carbocycles. The number of Topliss-reactive ketones (excluding diaryl/α,β-unsaturated/α-hetero) is 1. The van der Waals surface area contributed by atoms with Crippen LogP contribution in [0.15, 0.2) is 183 Å². The van der Waals surface area contributed by atoms with Gasteiger partial charge in [0.1, 0.15) is 68.4 Å². The van der Waals surface area contributed by atoms with Crippen molar-refractivity contribution in [2.45, 2.75) is 21.6 Å². The van der Waals surface area contributed by atoms with Gasteiger partial charge in [0.05, 0.1) is 63.8 Å². The molecule has 0 saturated carbocycles. The molecular formula is C46H27N9Na4O15S5. The molecule has 0 unspecified atom stereocenters. The number of hydrogen-bond donors (Lipinski definition) is 3. The van der Waals surface area contributed by atoms with Gasteiger partial charge in [0.2, 0.25) is 11.6 Å². The molecule has 1 aromatic heterocycles. The van der Waals surface area contributed by atoms with Crippen LogP contribution in [0.1, 0.15) is 21.5 Å². The minimum absolute atomic E-state index is 0. The molecule has 79 heavy (non-hydrogen) atoms. The Kier molecular flexibility index (Phi) is 21.4. The first kappa shape index (κ1) is 65.4. The third-order valence-electron chi connectivity index (χ3n) is 10.9. The number of aliphatic hydroxyl groups excluding tert-OH is 1. The summed E-state index contributed by atoms with van der Waals surface area (Å²) < 4.78 is 146. The van der Waals surface area contributed by atoms with Crippen LogP contribution in [0.4, 0.5) is 28.4 Å². The number of thiazole rings is 1. The molecule has 0 fully saturated rings. The number of carbonyl (C=O) groups is 2. The summed E-state index contributed by atoms with van der Waals surface area (Å²) in [5.74, 6) is -2.94. The standard InChI is InChI=1S/C46H31N9O15S5.4Na/c1-23-2-13-35-41(16-23)71-46(47-35)24-3-5-26(6-4-24)49-52-36-21-37(40(57)22-39(36)56)53-54-38-20-30(74(65,66)67)17-25-18-42(75(68,69)70)44(45(58)43(25)38)55-51-33-14-15-34(32-19-29(73(62,63)64)11-12-31(32)33)50-48-27-7-9-28(10-8-27)72(59,60)61;;;;/h2-22,49,51,57H,1H3,(H,59,60,61)(H,62,63,64)(H,65,66,67)(H,68,69,70);;;;/q;4*+1/p-4/b50-48?,52-36-,54-53?,55-44+;;;;. The van der Waals surface area contributed by atoms with E-state index in [1.54, 1.807) is 24.3 Å². The number of allylic oxidation sites excluding steroid dienone is 3. The van der Waals surface area contributed by atoms with Gasteiger partial charge in [-0.1, -0.05) is 12.1 Å². The van der Waals surface area contributed by atoms with E-state index in [1.807, 2.05) is 25.1 Å². The summed E-state index contributed by atoms with van der Waals surface area (Å²) in [6.07, 6.45) is 2.28. The fourth-order valence-electron chi connectivity index (χ4n) is 7.29. The maximum atomic E-state index is 14.4. The van der Waals surface area contributed by atoms with Gasteiger partial charge in [-0.15, -0.1) is 26.7 Å². The van der Waals surface area contributed by atoms with Crippen molar-refractivity contribution in [1.29, 1.82) is 0 Å². The molecule has 3 N–H and O–H groups in total. The smallest absolute Gasteiger partial charge is 0.744 e. The van der Waals surface area contributed by atoms with Gasteiger partial charge in [0.15, 0.2) is 0 Å². The third-order valence-corrected chi connectivity index (χ3v) is 15.3. The number of fused-ring (bicyclic) bond motifs is 3. The van der Waals surface area contributed by atoms with Gasteiger partial charge >= 0.3 is 118 Å². The summed E-state index contributed by atoms with van der Waals surface area (Å²) in [7, 11) is -21.0. The zero-order valence-corrected chi connectivity index (χ0v) is 53.5. The first-order chi connectivity index (χ1) is 35.3. The van der Waals surface area contributed by atoms with E-state index in [-0.39, 0.29) is 152 Å². The second kappa shape index (κ2) is 25.8. The van der Waals surface area contributed by atoms with Crippen LogP contribution in [0.2, 0.25) is 0 Å². The molecule has 0 atom stereocenters. The number of aryl methyl sites for hydroxylation is 1. The van der Waals surface area contributed by atoms with Crippen LogP contribution in [0, 0.1) is 6.92 Å². The Morgan fingerprint density at radius 3 is 1.87 bits per heavy atom. The number of benzene rings is 6. The number of rotatable bonds is 13. The molecule has 380 valence electrons. The average molecular weight is 1200 g/mol. The number of anilines is 2. The maximum Gasteiger partial charge on any atom is 1.00 e. The summed E-state index contributed by atoms with van der Waals surface area (Å²) >= 11 is 1.51. The maximum absolute atomic E-state index is 14.4. The van der Waals surface area contributed by atoms with Crippen molar-refractivity contribution >= 4 is 130 Å². The van der Waals surface area contributed by atoms with Gasteiger partial charge in [-0.25, -0.2) is 38.7 Å². The first-order valence-corrected chi connectivity index (χ1v) is 27.4. The number of carbonyl (C=O) groups excluding carboxylic acids is 2. The number of aromatic nitrogens is 1. The number of hydrazone groups is 2. The molecule has 33 heteroatoms. The molecule has 2 aliphatic rings. The number of hydrogen-bond acceptors (Lipinski definition) is 25. The van der Waals surface area contributed by atoms with E-state index in [4.69, 9.17) is 0 Å². The molecule has 1 heterocycles. The Balaban J connectivity index is 0.00000287. The topological polar surface area (TPSA) is 394 Å². The van der Waals surface area contributed by atoms with Crippen molar-refractivity contribution in [3.05, 3.63) is 154 Å². The summed E-state index contributed by atoms with van der Waals surface area (Å²) in [4.78, 5) is 28.3. The van der Waals surface area contributed by atoms with E-state index in [1.165, 1.54) is 23.5 Å². The monoisotopic (exact) mass is 1200 g/mol. The molecule has 0 aliphatic heterocycles. The van der Waals surface area contributed by atoms with Gasteiger partial charge < -0.3 is 23.3 Å². The van der Waals surface area contributed by atoms with Crippen molar-refractivity contribution in [3.63, 3.8) is 0 Å². The summed E-state index contributed by atoms with van der Waals surface area (Å²) in [5, 5.41) is 35.2. The van der Waals surface area contributed by atoms with E-state index in [0.717, 1.165) is 81.0 Å². The quantitative estimate of drug-likeness (QED) is 0.0322. The summed E-state index contributed by atoms with van der Waals surface area (Å²) in [6, 6.07) is 23.6. The van der Waals surface area contributed by atoms with Crippen LogP contribution in [-0.2, 0) is 45.3 Å². The van der Waals surface area contributed by atoms with Crippen molar-refractivity contribution < 1.29 is 185 Å². The van der Waals surface area contributed by atoms with Crippen LogP contribution < -0.4 is 129 Å². The molecule has 0 spiro atoms. The SMILES string of the molecule is Cc1ccc2nc(-c3ccc(N/N=C4/C=C(N=Nc5cc(S(=O)(=O)[O-])cc6c5C(=O)/C(=N/Nc5ccc(N=Nc7ccc(S(=O)(=O)[O-])cc7)c7cc(S(=O)(=O)[O-])ccc57)C(S(=O)(=O)[O-])=C6)C(O)=CC4=O)cc3)sc2c1.[Na+].[Na+].[Na+].[Na+]. The Labute approximate surface area is 541 Å². The van der Waals surface area contributed by atoms with E-state index in [9.17, 15) is 66.6 Å². The van der Waals surface area contributed by atoms with Gasteiger partial charge in [0.25, 0.3) is 0 Å². The molecule has 0 amide bonds. The second-order valence-corrected chi connectivity index (χ2v) is 22.5. The molecule has 9 rings (SSSR count). The van der Waals surface area contributed by atoms with E-state index >= 15 is 0 Å². The molecule has 0 radical (unpaired) electrons. The number of nitrogens with zero attached hydrogens (tertiary/aromatic N) is 7. The number of azo groups is 2. The fraction of sp³-hybridized carbons (Fsp3) is 0.0217. The Morgan fingerprint density at radius 2 is 1.23 bits per heavy atom. The zero-order valence-electron chi connectivity index (χ0n) is 41.5. The van der Waals surface area contributed by atoms with E-state index in [0.29, 0.717) is 23.9 Å². The van der Waals surface area contributed by atoms with Gasteiger partial charge in [-0.3, -0.25) is 20.4 Å². The van der Waals surface area contributed by atoms with Crippen LogP contribution in [-0.4, -0.2) is 85.0 Å². The predicted molar refractivity (Wildman–Crippen MR) is 267 cm³/mol. The summed E-state index contributed by atoms with van der Waals surface area (Å²) in [6.45, 7) is 1.98. The van der Waals surface area contributed by atoms with Crippen LogP contribution in [0.5, 0.6) is 0 Å². The van der Waals surface area contributed by atoms with Crippen molar-refractivity contribution in [2.24, 2.45) is 30.7 Å². The fourth-order valence-corrected chi connectivity index (χ4v) is 10.5. The molecule has 6 aromatic carbocycles. The van der Waals surface area contributed by atoms with Gasteiger partial charge in [-0.2, -0.15) is 15.3 Å². The Hall–Kier alpha value is -4.39. The zero-order chi connectivity index (χ0) is 53.8. The third kappa shape index (κ3) is 15.0. The van der Waals surface area contributed by atoms with Crippen LogP contribution in [0.25, 0.3) is 37.6 Å². The van der Waals surface area contributed by atoms with Crippen molar-refractivity contribution in [3.8, 4) is 10.6 Å². The van der Waals surface area contributed by atoms with Crippen molar-refractivity contribution in [1.82, 2.24) is 4.98 Å². The van der Waals surface area contributed by atoms with Crippen LogP contribution in [0.3, 0.4) is 0 Å². The Morgan fingerprint density at radius 1 is 0.582 bits per heavy atom. The van der Waals surface area contributed by atoms with E-state index < -0.39 is 106 Å². The Bertz CT molecular complexity index is 4360. The number of ketones is 2. The molecule has 7 aromatic rings. The molecule has 0 bridgehead atoms. The minimum Gasteiger partial charge on any atom is -0.744 e. The van der Waals surface area contributed by atoms with Gasteiger partial charge in [-0.05, 0) is 121 Å². The molecule has 0 saturated heterocycles. The van der Waals surface area contributed by atoms with Crippen LogP contribution >= 0.6 is 11.3 Å². The number of nitrogens with one attached hydrogen (secondary N) is 2. The first-order valence-electron chi connectivity index (χ1n) is 20.9.